The molecule has 3 nitrogen and oxygen atoms in total. The van der Waals surface area contributed by atoms with Crippen molar-refractivity contribution < 1.29 is 4.79 Å². The van der Waals surface area contributed by atoms with Gasteiger partial charge in [0.15, 0.2) is 0 Å². The van der Waals surface area contributed by atoms with Crippen LogP contribution in [0.3, 0.4) is 0 Å². The van der Waals surface area contributed by atoms with Crippen molar-refractivity contribution in [1.29, 1.82) is 0 Å². The number of carbonyl (C=O) groups is 1. The third-order valence-electron chi connectivity index (χ3n) is 3.77. The van der Waals surface area contributed by atoms with Crippen molar-refractivity contribution in [2.45, 2.75) is 57.5 Å². The summed E-state index contributed by atoms with van der Waals surface area (Å²) in [5.74, 6) is 0.141. The van der Waals surface area contributed by atoms with E-state index < -0.39 is 0 Å². The van der Waals surface area contributed by atoms with Gasteiger partial charge in [0.2, 0.25) is 5.91 Å². The first kappa shape index (κ1) is 14.5. The minimum atomic E-state index is 0.141. The van der Waals surface area contributed by atoms with Crippen molar-refractivity contribution in [3.8, 4) is 0 Å². The molecule has 1 unspecified atom stereocenters. The minimum Gasteiger partial charge on any atom is -0.352 e. The van der Waals surface area contributed by atoms with Gasteiger partial charge < -0.3 is 10.6 Å². The first-order valence-electron chi connectivity index (χ1n) is 7.35. The summed E-state index contributed by atoms with van der Waals surface area (Å²) in [5, 5.41) is 8.59. The highest BCUT2D eigenvalue weighted by Crippen LogP contribution is 2.21. The third-order valence-corrected chi connectivity index (χ3v) is 4.76. The maximum Gasteiger partial charge on any atom is 0.234 e. The van der Waals surface area contributed by atoms with Crippen molar-refractivity contribution in [2.75, 3.05) is 6.54 Å². The Morgan fingerprint density at radius 1 is 1.42 bits per heavy atom. The number of nitrogens with one attached hydrogen (secondary N) is 2. The Hall–Kier alpha value is -0.870. The quantitative estimate of drug-likeness (QED) is 0.840. The summed E-state index contributed by atoms with van der Waals surface area (Å²) in [5.41, 5.74) is 0. The Morgan fingerprint density at radius 2 is 2.21 bits per heavy atom. The van der Waals surface area contributed by atoms with E-state index in [1.165, 1.54) is 24.1 Å². The minimum absolute atomic E-state index is 0.141. The van der Waals surface area contributed by atoms with Gasteiger partial charge in [0.25, 0.3) is 0 Å². The van der Waals surface area contributed by atoms with Crippen LogP contribution in [0.25, 0.3) is 0 Å². The summed E-state index contributed by atoms with van der Waals surface area (Å²) in [7, 11) is 0. The molecule has 1 fully saturated rings. The average Bonchev–Trinajstić information content (AvgIpc) is 2.95. The summed E-state index contributed by atoms with van der Waals surface area (Å²) in [6.07, 6.45) is 7.14. The molecule has 4 heteroatoms. The smallest absolute Gasteiger partial charge is 0.234 e. The van der Waals surface area contributed by atoms with Gasteiger partial charge in [-0.05, 0) is 30.7 Å². The van der Waals surface area contributed by atoms with Crippen molar-refractivity contribution in [1.82, 2.24) is 10.6 Å². The molecule has 0 spiro atoms. The maximum atomic E-state index is 11.9. The van der Waals surface area contributed by atoms with E-state index in [4.69, 9.17) is 0 Å². The van der Waals surface area contributed by atoms with Gasteiger partial charge in [-0.15, -0.1) is 11.3 Å². The van der Waals surface area contributed by atoms with Gasteiger partial charge in [-0.25, -0.2) is 0 Å². The number of thiophene rings is 1. The zero-order valence-corrected chi connectivity index (χ0v) is 12.5. The van der Waals surface area contributed by atoms with Crippen LogP contribution in [0.15, 0.2) is 17.5 Å². The van der Waals surface area contributed by atoms with E-state index >= 15 is 0 Å². The summed E-state index contributed by atoms with van der Waals surface area (Å²) < 4.78 is 0. The Balaban J connectivity index is 1.72. The highest BCUT2D eigenvalue weighted by Gasteiger charge is 2.16. The molecule has 106 valence electrons. The molecule has 0 aliphatic heterocycles. The fourth-order valence-electron chi connectivity index (χ4n) is 2.68. The summed E-state index contributed by atoms with van der Waals surface area (Å²) >= 11 is 1.75. The first-order valence-corrected chi connectivity index (χ1v) is 8.23. The van der Waals surface area contributed by atoms with Gasteiger partial charge in [0, 0.05) is 17.0 Å². The average molecular weight is 280 g/mol. The van der Waals surface area contributed by atoms with E-state index in [9.17, 15) is 4.79 Å². The first-order chi connectivity index (χ1) is 9.29. The van der Waals surface area contributed by atoms with Crippen LogP contribution in [-0.4, -0.2) is 18.5 Å². The molecule has 1 aromatic rings. The number of hydrogen-bond acceptors (Lipinski definition) is 3. The van der Waals surface area contributed by atoms with Gasteiger partial charge in [-0.1, -0.05) is 32.3 Å². The zero-order valence-electron chi connectivity index (χ0n) is 11.7. The van der Waals surface area contributed by atoms with Crippen molar-refractivity contribution in [2.24, 2.45) is 0 Å². The molecule has 1 aliphatic rings. The predicted octanol–water partition coefficient (Wildman–Crippen LogP) is 3.24. The number of carbonyl (C=O) groups excluding carboxylic acids is 1. The topological polar surface area (TPSA) is 41.1 Å². The van der Waals surface area contributed by atoms with Gasteiger partial charge in [0.1, 0.15) is 0 Å². The second-order valence-electron chi connectivity index (χ2n) is 5.26. The molecular formula is C15H24N2OS. The van der Waals surface area contributed by atoms with Gasteiger partial charge >= 0.3 is 0 Å². The molecule has 2 rings (SSSR count). The van der Waals surface area contributed by atoms with Crippen molar-refractivity contribution in [3.63, 3.8) is 0 Å². The molecule has 2 N–H and O–H groups in total. The summed E-state index contributed by atoms with van der Waals surface area (Å²) in [4.78, 5) is 13.2. The van der Waals surface area contributed by atoms with Crippen molar-refractivity contribution in [3.05, 3.63) is 22.4 Å². The molecular weight excluding hydrogens is 256 g/mol. The second-order valence-corrected chi connectivity index (χ2v) is 6.24. The molecule has 1 amide bonds. The van der Waals surface area contributed by atoms with E-state index in [0.717, 1.165) is 19.3 Å². The standard InChI is InChI=1S/C15H24N2OS/c1-2-13(14-9-6-10-19-14)16-11-15(18)17-12-7-4-3-5-8-12/h6,9-10,12-13,16H,2-5,7-8,11H2,1H3,(H,17,18). The zero-order chi connectivity index (χ0) is 13.5. The highest BCUT2D eigenvalue weighted by atomic mass is 32.1. The van der Waals surface area contributed by atoms with E-state index in [0.29, 0.717) is 18.6 Å². The normalized spacial score (nSPS) is 18.2. The lowest BCUT2D eigenvalue weighted by Gasteiger charge is -2.23. The maximum absolute atomic E-state index is 11.9. The van der Waals surface area contributed by atoms with Crippen LogP contribution >= 0.6 is 11.3 Å². The van der Waals surface area contributed by atoms with E-state index in [1.807, 2.05) is 0 Å². The van der Waals surface area contributed by atoms with Gasteiger partial charge in [-0.3, -0.25) is 4.79 Å². The second kappa shape index (κ2) is 7.65. The van der Waals surface area contributed by atoms with Crippen LogP contribution in [0.4, 0.5) is 0 Å². The Kier molecular flexibility index (Phi) is 5.86. The van der Waals surface area contributed by atoms with Crippen LogP contribution in [0.5, 0.6) is 0 Å². The lowest BCUT2D eigenvalue weighted by atomic mass is 9.95. The Labute approximate surface area is 119 Å². The molecule has 1 atom stereocenters. The summed E-state index contributed by atoms with van der Waals surface area (Å²) in [6.45, 7) is 2.57. The van der Waals surface area contributed by atoms with Crippen LogP contribution in [0, 0.1) is 0 Å². The van der Waals surface area contributed by atoms with Crippen LogP contribution in [0.2, 0.25) is 0 Å². The highest BCUT2D eigenvalue weighted by molar-refractivity contribution is 7.10. The summed E-state index contributed by atoms with van der Waals surface area (Å²) in [6, 6.07) is 4.90. The lowest BCUT2D eigenvalue weighted by Crippen LogP contribution is -2.41. The largest absolute Gasteiger partial charge is 0.352 e. The van der Waals surface area contributed by atoms with Crippen LogP contribution in [-0.2, 0) is 4.79 Å². The van der Waals surface area contributed by atoms with E-state index in [-0.39, 0.29) is 5.91 Å². The van der Waals surface area contributed by atoms with Crippen LogP contribution in [0.1, 0.15) is 56.4 Å². The van der Waals surface area contributed by atoms with E-state index in [1.54, 1.807) is 11.3 Å². The molecule has 0 saturated heterocycles. The molecule has 0 aromatic carbocycles. The molecule has 19 heavy (non-hydrogen) atoms. The number of amides is 1. The number of hydrogen-bond donors (Lipinski definition) is 2. The molecule has 0 radical (unpaired) electrons. The third kappa shape index (κ3) is 4.62. The molecule has 0 bridgehead atoms. The van der Waals surface area contributed by atoms with Crippen LogP contribution < -0.4 is 10.6 Å². The fraction of sp³-hybridized carbons (Fsp3) is 0.667. The number of rotatable bonds is 6. The SMILES string of the molecule is CCC(NCC(=O)NC1CCCCC1)c1cccs1. The van der Waals surface area contributed by atoms with E-state index in [2.05, 4.69) is 35.1 Å². The Bertz CT molecular complexity index is 372. The predicted molar refractivity (Wildman–Crippen MR) is 80.4 cm³/mol. The molecule has 1 saturated carbocycles. The molecule has 1 heterocycles. The molecule has 1 aromatic heterocycles. The van der Waals surface area contributed by atoms with Gasteiger partial charge in [-0.2, -0.15) is 0 Å². The lowest BCUT2D eigenvalue weighted by molar-refractivity contribution is -0.121. The monoisotopic (exact) mass is 280 g/mol. The Morgan fingerprint density at radius 3 is 2.84 bits per heavy atom. The molecule has 1 aliphatic carbocycles. The fourth-order valence-corrected chi connectivity index (χ4v) is 3.56. The van der Waals surface area contributed by atoms with Crippen molar-refractivity contribution >= 4 is 17.2 Å². The van der Waals surface area contributed by atoms with Gasteiger partial charge in [0.05, 0.1) is 6.54 Å².